The summed E-state index contributed by atoms with van der Waals surface area (Å²) in [4.78, 5) is 0. The molecule has 3 nitrogen and oxygen atoms in total. The second kappa shape index (κ2) is 6.03. The van der Waals surface area contributed by atoms with Gasteiger partial charge in [0.05, 0.1) is 24.9 Å². The molecule has 1 N–H and O–H groups in total. The van der Waals surface area contributed by atoms with Crippen molar-refractivity contribution in [2.45, 2.75) is 25.6 Å². The standard InChI is InChI=1S/C21H19ClN2O/c22-18-3-1-4-19-17(18)12-23-21(20-5-2-9-24(19)20)15-6-7-16-13-25-10-8-14(16)11-15/h1-7,9,11,21,23H,8,10,12-13H2. The van der Waals surface area contributed by atoms with Crippen LogP contribution in [0.25, 0.3) is 5.69 Å². The van der Waals surface area contributed by atoms with Gasteiger partial charge in [0.25, 0.3) is 0 Å². The minimum absolute atomic E-state index is 0.145. The molecule has 0 saturated carbocycles. The first-order valence-corrected chi connectivity index (χ1v) is 9.07. The van der Waals surface area contributed by atoms with Gasteiger partial charge in [-0.15, -0.1) is 0 Å². The number of benzene rings is 2. The molecule has 0 saturated heterocycles. The molecule has 126 valence electrons. The highest BCUT2D eigenvalue weighted by Gasteiger charge is 2.24. The minimum atomic E-state index is 0.145. The summed E-state index contributed by atoms with van der Waals surface area (Å²) in [5.74, 6) is 0. The van der Waals surface area contributed by atoms with Crippen molar-refractivity contribution in [2.75, 3.05) is 6.61 Å². The molecule has 3 heterocycles. The zero-order valence-corrected chi connectivity index (χ0v) is 14.6. The Balaban J connectivity index is 1.62. The lowest BCUT2D eigenvalue weighted by molar-refractivity contribution is 0.110. The van der Waals surface area contributed by atoms with Crippen LogP contribution in [0.4, 0.5) is 0 Å². The van der Waals surface area contributed by atoms with Crippen LogP contribution in [0.15, 0.2) is 54.7 Å². The van der Waals surface area contributed by atoms with E-state index < -0.39 is 0 Å². The van der Waals surface area contributed by atoms with Gasteiger partial charge in [0.15, 0.2) is 0 Å². The molecule has 1 aromatic heterocycles. The van der Waals surface area contributed by atoms with E-state index in [9.17, 15) is 0 Å². The van der Waals surface area contributed by atoms with Crippen molar-refractivity contribution in [2.24, 2.45) is 0 Å². The Bertz CT molecular complexity index is 947. The topological polar surface area (TPSA) is 26.2 Å². The van der Waals surface area contributed by atoms with Crippen LogP contribution in [0, 0.1) is 0 Å². The first kappa shape index (κ1) is 15.2. The van der Waals surface area contributed by atoms with Crippen LogP contribution in [-0.4, -0.2) is 11.2 Å². The Morgan fingerprint density at radius 3 is 3.00 bits per heavy atom. The maximum Gasteiger partial charge on any atom is 0.0737 e. The van der Waals surface area contributed by atoms with Gasteiger partial charge in [-0.2, -0.15) is 0 Å². The monoisotopic (exact) mass is 350 g/mol. The second-order valence-corrected chi connectivity index (χ2v) is 7.09. The van der Waals surface area contributed by atoms with E-state index >= 15 is 0 Å². The van der Waals surface area contributed by atoms with Gasteiger partial charge >= 0.3 is 0 Å². The summed E-state index contributed by atoms with van der Waals surface area (Å²) >= 11 is 6.47. The summed E-state index contributed by atoms with van der Waals surface area (Å²) in [7, 11) is 0. The fourth-order valence-corrected chi connectivity index (χ4v) is 4.19. The summed E-state index contributed by atoms with van der Waals surface area (Å²) < 4.78 is 7.82. The summed E-state index contributed by atoms with van der Waals surface area (Å²) in [5.41, 5.74) is 7.57. The molecule has 0 radical (unpaired) electrons. The predicted molar refractivity (Wildman–Crippen MR) is 99.3 cm³/mol. The number of rotatable bonds is 1. The average molecular weight is 351 g/mol. The smallest absolute Gasteiger partial charge is 0.0737 e. The van der Waals surface area contributed by atoms with Crippen LogP contribution < -0.4 is 5.32 Å². The zero-order chi connectivity index (χ0) is 16.8. The normalized spacial score (nSPS) is 18.8. The highest BCUT2D eigenvalue weighted by atomic mass is 35.5. The highest BCUT2D eigenvalue weighted by molar-refractivity contribution is 6.31. The molecule has 1 atom stereocenters. The number of ether oxygens (including phenoxy) is 1. The molecular weight excluding hydrogens is 332 g/mol. The molecule has 0 spiro atoms. The molecule has 2 aliphatic heterocycles. The first-order valence-electron chi connectivity index (χ1n) is 8.69. The number of aromatic nitrogens is 1. The molecule has 0 amide bonds. The van der Waals surface area contributed by atoms with Gasteiger partial charge in [-0.3, -0.25) is 0 Å². The average Bonchev–Trinajstić information content (AvgIpc) is 3.06. The molecule has 3 aromatic rings. The Hall–Kier alpha value is -2.07. The van der Waals surface area contributed by atoms with Crippen LogP contribution >= 0.6 is 11.6 Å². The number of hydrogen-bond acceptors (Lipinski definition) is 2. The predicted octanol–water partition coefficient (Wildman–Crippen LogP) is 4.40. The second-order valence-electron chi connectivity index (χ2n) is 6.69. The van der Waals surface area contributed by atoms with Gasteiger partial charge in [-0.05, 0) is 47.4 Å². The van der Waals surface area contributed by atoms with Crippen LogP contribution in [0.5, 0.6) is 0 Å². The van der Waals surface area contributed by atoms with Gasteiger partial charge < -0.3 is 14.6 Å². The summed E-state index contributed by atoms with van der Waals surface area (Å²) in [6, 6.07) is 17.3. The molecule has 2 aromatic carbocycles. The van der Waals surface area contributed by atoms with Gasteiger partial charge in [-0.25, -0.2) is 0 Å². The minimum Gasteiger partial charge on any atom is -0.376 e. The number of nitrogens with zero attached hydrogens (tertiary/aromatic N) is 1. The molecular formula is C21H19ClN2O. The molecule has 1 unspecified atom stereocenters. The van der Waals surface area contributed by atoms with Crippen molar-refractivity contribution >= 4 is 11.6 Å². The lowest BCUT2D eigenvalue weighted by Crippen LogP contribution is -2.22. The Morgan fingerprint density at radius 1 is 1.08 bits per heavy atom. The van der Waals surface area contributed by atoms with E-state index in [-0.39, 0.29) is 6.04 Å². The Kier molecular flexibility index (Phi) is 3.66. The van der Waals surface area contributed by atoms with Crippen molar-refractivity contribution in [3.05, 3.63) is 87.7 Å². The van der Waals surface area contributed by atoms with Crippen molar-refractivity contribution < 1.29 is 4.74 Å². The van der Waals surface area contributed by atoms with Gasteiger partial charge in [-0.1, -0.05) is 35.9 Å². The fraction of sp³-hybridized carbons (Fsp3) is 0.238. The number of nitrogens with one attached hydrogen (secondary N) is 1. The van der Waals surface area contributed by atoms with E-state index in [1.807, 2.05) is 12.1 Å². The molecule has 0 bridgehead atoms. The van der Waals surface area contributed by atoms with Gasteiger partial charge in [0.1, 0.15) is 0 Å². The number of fused-ring (bicyclic) bond motifs is 4. The quantitative estimate of drug-likeness (QED) is 0.704. The molecule has 5 rings (SSSR count). The third-order valence-corrected chi connectivity index (χ3v) is 5.60. The summed E-state index contributed by atoms with van der Waals surface area (Å²) in [5, 5.41) is 4.52. The number of hydrogen-bond donors (Lipinski definition) is 1. The lowest BCUT2D eigenvalue weighted by atomic mass is 9.95. The molecule has 0 aliphatic carbocycles. The first-order chi connectivity index (χ1) is 12.3. The largest absolute Gasteiger partial charge is 0.376 e. The van der Waals surface area contributed by atoms with Crippen molar-refractivity contribution in [1.29, 1.82) is 0 Å². The molecule has 0 fully saturated rings. The highest BCUT2D eigenvalue weighted by Crippen LogP contribution is 2.34. The third kappa shape index (κ3) is 2.51. The summed E-state index contributed by atoms with van der Waals surface area (Å²) in [6.07, 6.45) is 3.11. The van der Waals surface area contributed by atoms with Crippen LogP contribution in [-0.2, 0) is 24.3 Å². The Morgan fingerprint density at radius 2 is 2.04 bits per heavy atom. The zero-order valence-electron chi connectivity index (χ0n) is 13.8. The maximum atomic E-state index is 6.47. The maximum absolute atomic E-state index is 6.47. The van der Waals surface area contributed by atoms with Gasteiger partial charge in [0, 0.05) is 29.0 Å². The van der Waals surface area contributed by atoms with Crippen LogP contribution in [0.1, 0.15) is 34.0 Å². The van der Waals surface area contributed by atoms with E-state index in [2.05, 4.69) is 52.5 Å². The lowest BCUT2D eigenvalue weighted by Gasteiger charge is -2.22. The number of halogens is 1. The molecule has 2 aliphatic rings. The molecule has 4 heteroatoms. The van der Waals surface area contributed by atoms with E-state index in [0.717, 1.165) is 42.5 Å². The van der Waals surface area contributed by atoms with E-state index in [1.54, 1.807) is 0 Å². The van der Waals surface area contributed by atoms with E-state index in [1.165, 1.54) is 22.4 Å². The van der Waals surface area contributed by atoms with Gasteiger partial charge in [0.2, 0.25) is 0 Å². The van der Waals surface area contributed by atoms with Crippen molar-refractivity contribution in [1.82, 2.24) is 9.88 Å². The Labute approximate surface area is 152 Å². The molecule has 25 heavy (non-hydrogen) atoms. The fourth-order valence-electron chi connectivity index (χ4n) is 3.96. The third-order valence-electron chi connectivity index (χ3n) is 5.25. The van der Waals surface area contributed by atoms with Crippen molar-refractivity contribution in [3.63, 3.8) is 0 Å². The van der Waals surface area contributed by atoms with Crippen LogP contribution in [0.2, 0.25) is 5.02 Å². The SMILES string of the molecule is Clc1cccc2c1CNC(c1ccc3c(c1)CCOC3)c1cccn1-2. The van der Waals surface area contributed by atoms with Crippen LogP contribution in [0.3, 0.4) is 0 Å². The van der Waals surface area contributed by atoms with E-state index in [4.69, 9.17) is 16.3 Å². The van der Waals surface area contributed by atoms with E-state index in [0.29, 0.717) is 0 Å². The summed E-state index contributed by atoms with van der Waals surface area (Å²) in [6.45, 7) is 2.29. The van der Waals surface area contributed by atoms with Crippen molar-refractivity contribution in [3.8, 4) is 5.69 Å².